The number of aromatic nitrogens is 3. The molecular weight excluding hydrogens is 1080 g/mol. The zero-order chi connectivity index (χ0) is 58.7. The zero-order valence-corrected chi connectivity index (χ0v) is 50.6. The number of likely N-dealkylation sites (tertiary alicyclic amines) is 3. The van der Waals surface area contributed by atoms with Crippen LogP contribution in [0.1, 0.15) is 145 Å². The minimum absolute atomic E-state index is 0.0407. The Hall–Kier alpha value is -6.28. The molecule has 1 N–H and O–H groups in total. The number of ether oxygens (including phenoxy) is 2. The molecule has 1 unspecified atom stereocenters. The first-order valence-corrected chi connectivity index (χ1v) is 31.5. The van der Waals surface area contributed by atoms with E-state index in [1.165, 1.54) is 0 Å². The minimum atomic E-state index is -0.666. The summed E-state index contributed by atoms with van der Waals surface area (Å²) in [5, 5.41) is 1.62. The van der Waals surface area contributed by atoms with Crippen LogP contribution in [0.4, 0.5) is 10.6 Å². The second kappa shape index (κ2) is 25.7. The van der Waals surface area contributed by atoms with Gasteiger partial charge in [-0.2, -0.15) is 0 Å². The normalized spacial score (nSPS) is 21.7. The molecule has 7 aliphatic rings. The van der Waals surface area contributed by atoms with E-state index in [4.69, 9.17) is 26.1 Å². The fraction of sp³-hybridized carbons (Fsp3) is 0.609. The van der Waals surface area contributed by atoms with Crippen LogP contribution < -0.4 is 4.90 Å². The largest absolute Gasteiger partial charge is 0.443 e. The molecule has 0 bridgehead atoms. The first-order valence-electron chi connectivity index (χ1n) is 31.1. The number of benzene rings is 2. The summed E-state index contributed by atoms with van der Waals surface area (Å²) in [4.78, 5) is 105. The van der Waals surface area contributed by atoms with Gasteiger partial charge in [-0.25, -0.2) is 24.7 Å². The Morgan fingerprint density at radius 1 is 0.774 bits per heavy atom. The molecule has 0 radical (unpaired) electrons. The number of piperazine rings is 1. The molecular formula is C64H85ClN12O7. The van der Waals surface area contributed by atoms with E-state index in [0.717, 1.165) is 144 Å². The van der Waals surface area contributed by atoms with Crippen LogP contribution in [-0.4, -0.2) is 201 Å². The molecule has 1 spiro atoms. The van der Waals surface area contributed by atoms with E-state index in [1.807, 2.05) is 91.1 Å². The lowest BCUT2D eigenvalue weighted by Crippen LogP contribution is -2.52. The number of piperidine rings is 3. The van der Waals surface area contributed by atoms with Gasteiger partial charge in [-0.15, -0.1) is 0 Å². The number of hydrogen-bond donors (Lipinski definition) is 1. The predicted molar refractivity (Wildman–Crippen MR) is 324 cm³/mol. The van der Waals surface area contributed by atoms with Gasteiger partial charge < -0.3 is 34.1 Å². The van der Waals surface area contributed by atoms with E-state index in [1.54, 1.807) is 23.4 Å². The van der Waals surface area contributed by atoms with Crippen LogP contribution >= 0.6 is 11.6 Å². The SMILES string of the molecule is CCCCC(C)C(=NC(=O)c1ccc(C2CN(C(=O)C3CC3)C2)cc1)C(=O)N1CCC(OC2CCN(CC(=O)N3CCN(CC[C@H](N=C4N(C(=O)OC(C)(C)C)C45CCN(c4ncnc6[nH]ccc46)CC5)c4ccc(Cl)cc4)CC3)CC2)CC1. The number of nitrogens with zero attached hydrogens (tertiary/aromatic N) is 11. The number of carbonyl (C=O) groups excluding carboxylic acids is 5. The molecule has 11 rings (SSSR count). The molecule has 19 nitrogen and oxygen atoms in total. The maximum Gasteiger partial charge on any atom is 0.416 e. The van der Waals surface area contributed by atoms with Crippen LogP contribution in [0.2, 0.25) is 5.02 Å². The molecule has 2 aromatic heterocycles. The molecule has 1 saturated carbocycles. The lowest BCUT2D eigenvalue weighted by Gasteiger charge is -2.39. The van der Waals surface area contributed by atoms with Gasteiger partial charge in [0.25, 0.3) is 11.8 Å². The number of halogens is 1. The third-order valence-electron chi connectivity index (χ3n) is 18.4. The number of nitrogens with one attached hydrogen (secondary N) is 1. The fourth-order valence-electron chi connectivity index (χ4n) is 13.0. The van der Waals surface area contributed by atoms with Crippen molar-refractivity contribution < 1.29 is 33.4 Å². The number of anilines is 1. The molecule has 5 amide bonds. The molecule has 6 saturated heterocycles. The molecule has 2 aromatic carbocycles. The van der Waals surface area contributed by atoms with Crippen molar-refractivity contribution in [2.24, 2.45) is 21.8 Å². The summed E-state index contributed by atoms with van der Waals surface area (Å²) in [6, 6.07) is 17.2. The van der Waals surface area contributed by atoms with Crippen LogP contribution in [0, 0.1) is 11.8 Å². The number of carbonyl (C=O) groups is 5. The van der Waals surface area contributed by atoms with Crippen molar-refractivity contribution in [1.82, 2.24) is 44.4 Å². The number of amidine groups is 1. The van der Waals surface area contributed by atoms with Gasteiger partial charge in [0.05, 0.1) is 30.2 Å². The topological polar surface area (TPSA) is 193 Å². The molecule has 2 atom stereocenters. The fourth-order valence-corrected chi connectivity index (χ4v) is 13.2. The van der Waals surface area contributed by atoms with Crippen molar-refractivity contribution in [3.63, 3.8) is 0 Å². The maximum atomic E-state index is 14.2. The third kappa shape index (κ3) is 13.8. The second-order valence-corrected chi connectivity index (χ2v) is 26.0. The van der Waals surface area contributed by atoms with E-state index >= 15 is 0 Å². The summed E-state index contributed by atoms with van der Waals surface area (Å²) in [5.74, 6) is 1.88. The smallest absolute Gasteiger partial charge is 0.416 e. The Kier molecular flexibility index (Phi) is 18.2. The molecule has 84 heavy (non-hydrogen) atoms. The Morgan fingerprint density at radius 2 is 1.45 bits per heavy atom. The summed E-state index contributed by atoms with van der Waals surface area (Å²) in [7, 11) is 0. The van der Waals surface area contributed by atoms with Crippen molar-refractivity contribution in [2.45, 2.75) is 147 Å². The Bertz CT molecular complexity index is 3050. The van der Waals surface area contributed by atoms with Crippen LogP contribution in [0.25, 0.3) is 11.0 Å². The number of H-pyrrole nitrogens is 1. The van der Waals surface area contributed by atoms with Gasteiger partial charge >= 0.3 is 6.09 Å². The molecule has 4 aromatic rings. The lowest BCUT2D eigenvalue weighted by atomic mass is 9.90. The van der Waals surface area contributed by atoms with Gasteiger partial charge in [0.1, 0.15) is 40.5 Å². The van der Waals surface area contributed by atoms with Crippen molar-refractivity contribution >= 4 is 69.7 Å². The highest BCUT2D eigenvalue weighted by molar-refractivity contribution is 6.41. The van der Waals surface area contributed by atoms with Crippen molar-refractivity contribution in [2.75, 3.05) is 96.5 Å². The number of aromatic amines is 1. The number of hydrogen-bond acceptors (Lipinski definition) is 13. The van der Waals surface area contributed by atoms with Gasteiger partial charge in [-0.3, -0.25) is 34.0 Å². The molecule has 1 aliphatic carbocycles. The number of fused-ring (bicyclic) bond motifs is 1. The van der Waals surface area contributed by atoms with Crippen LogP contribution in [0.3, 0.4) is 0 Å². The Morgan fingerprint density at radius 3 is 2.11 bits per heavy atom. The molecule has 7 fully saturated rings. The zero-order valence-electron chi connectivity index (χ0n) is 49.9. The van der Waals surface area contributed by atoms with E-state index in [2.05, 4.69) is 41.6 Å². The Balaban J connectivity index is 0.626. The number of aliphatic imine (C=N–C) groups is 2. The summed E-state index contributed by atoms with van der Waals surface area (Å²) < 4.78 is 12.7. The highest BCUT2D eigenvalue weighted by Crippen LogP contribution is 2.48. The highest BCUT2D eigenvalue weighted by atomic mass is 35.5. The first kappa shape index (κ1) is 59.5. The second-order valence-electron chi connectivity index (χ2n) is 25.6. The van der Waals surface area contributed by atoms with E-state index in [-0.39, 0.29) is 59.8 Å². The quantitative estimate of drug-likeness (QED) is 0.0737. The average molecular weight is 1170 g/mol. The molecule has 8 heterocycles. The predicted octanol–water partition coefficient (Wildman–Crippen LogP) is 8.79. The first-order chi connectivity index (χ1) is 40.5. The number of amides is 5. The average Bonchev–Trinajstić information content (AvgIpc) is 1.63. The van der Waals surface area contributed by atoms with E-state index in [9.17, 15) is 24.0 Å². The monoisotopic (exact) mass is 1170 g/mol. The van der Waals surface area contributed by atoms with Gasteiger partial charge in [0.2, 0.25) is 11.8 Å². The van der Waals surface area contributed by atoms with Crippen LogP contribution in [-0.2, 0) is 23.9 Å². The van der Waals surface area contributed by atoms with Crippen LogP contribution in [0.15, 0.2) is 77.1 Å². The van der Waals surface area contributed by atoms with E-state index in [0.29, 0.717) is 75.0 Å². The summed E-state index contributed by atoms with van der Waals surface area (Å²) in [5.41, 5.74) is 2.53. The van der Waals surface area contributed by atoms with Gasteiger partial charge in [0, 0.05) is 120 Å². The van der Waals surface area contributed by atoms with Gasteiger partial charge in [-0.05, 0) is 126 Å². The summed E-state index contributed by atoms with van der Waals surface area (Å²) >= 11 is 6.40. The summed E-state index contributed by atoms with van der Waals surface area (Å²) in [6.45, 7) is 19.3. The standard InChI is InChI=1S/C64H85ClN12O7/c1-6-7-8-43(2)55(70-58(79)46-11-9-44(10-12-46)48-39-76(40-48)59(80)47-13-14-47)60(81)75-31-22-51(23-32-75)83-50-20-28-72(29-21-50)41-54(78)73-37-35-71(36-38-73)30-24-53(45-15-17-49(65)18-16-45)69-61-64(77(61)62(82)84-63(3,4)5)25-33-74(34-26-64)57-52-19-27-66-56(52)67-42-68-57/h9-12,15-19,27,42-43,47-48,50-51,53H,6-8,13-14,20-26,28-41H2,1-5H3,(H,66,67,68)/t43?,53-,77?/m0/s1. The molecule has 20 heteroatoms. The van der Waals surface area contributed by atoms with Gasteiger partial charge in [-0.1, -0.05) is 62.6 Å². The van der Waals surface area contributed by atoms with Crippen LogP contribution in [0.5, 0.6) is 0 Å². The highest BCUT2D eigenvalue weighted by Gasteiger charge is 2.65. The van der Waals surface area contributed by atoms with E-state index < -0.39 is 17.0 Å². The van der Waals surface area contributed by atoms with Gasteiger partial charge in [0.15, 0.2) is 0 Å². The minimum Gasteiger partial charge on any atom is -0.443 e. The lowest BCUT2D eigenvalue weighted by molar-refractivity contribution is -0.137. The van der Waals surface area contributed by atoms with Crippen molar-refractivity contribution in [3.05, 3.63) is 88.8 Å². The summed E-state index contributed by atoms with van der Waals surface area (Å²) in [6.07, 6.45) is 13.2. The Labute approximate surface area is 499 Å². The third-order valence-corrected chi connectivity index (χ3v) is 18.7. The molecule has 450 valence electrons. The number of rotatable bonds is 18. The molecule has 6 aliphatic heterocycles. The number of unbranched alkanes of at least 4 members (excludes halogenated alkanes) is 1. The van der Waals surface area contributed by atoms with Crippen molar-refractivity contribution in [1.29, 1.82) is 0 Å². The maximum absolute atomic E-state index is 14.2. The van der Waals surface area contributed by atoms with Crippen molar-refractivity contribution in [3.8, 4) is 0 Å².